The molecule has 1 fully saturated rings. The quantitative estimate of drug-likeness (QED) is 0.824. The SMILES string of the molecule is O=C(c1cccc2c1CCC2)N1CCN(S(=O)(=O)c2cccnc2)CC1. The molecule has 0 N–H and O–H groups in total. The third-order valence-electron chi connectivity index (χ3n) is 5.17. The number of rotatable bonds is 3. The van der Waals surface area contributed by atoms with E-state index in [1.807, 2.05) is 12.1 Å². The van der Waals surface area contributed by atoms with E-state index >= 15 is 0 Å². The normalized spacial score (nSPS) is 17.9. The van der Waals surface area contributed by atoms with Gasteiger partial charge >= 0.3 is 0 Å². The van der Waals surface area contributed by atoms with Gasteiger partial charge in [-0.15, -0.1) is 0 Å². The van der Waals surface area contributed by atoms with Gasteiger partial charge in [-0.3, -0.25) is 9.78 Å². The Kier molecular flexibility index (Phi) is 4.50. The third kappa shape index (κ3) is 3.01. The van der Waals surface area contributed by atoms with Gasteiger partial charge in [0.05, 0.1) is 0 Å². The van der Waals surface area contributed by atoms with Gasteiger partial charge < -0.3 is 4.90 Å². The number of pyridine rings is 1. The lowest BCUT2D eigenvalue weighted by atomic mass is 10.0. The van der Waals surface area contributed by atoms with E-state index in [0.29, 0.717) is 26.2 Å². The van der Waals surface area contributed by atoms with Crippen molar-refractivity contribution in [1.82, 2.24) is 14.2 Å². The Hall–Kier alpha value is -2.25. The zero-order chi connectivity index (χ0) is 18.1. The fourth-order valence-electron chi connectivity index (χ4n) is 3.77. The van der Waals surface area contributed by atoms with Crippen LogP contribution < -0.4 is 0 Å². The summed E-state index contributed by atoms with van der Waals surface area (Å²) in [5, 5.41) is 0. The topological polar surface area (TPSA) is 70.6 Å². The summed E-state index contributed by atoms with van der Waals surface area (Å²) in [7, 11) is -3.55. The molecule has 4 rings (SSSR count). The van der Waals surface area contributed by atoms with Crippen molar-refractivity contribution < 1.29 is 13.2 Å². The van der Waals surface area contributed by atoms with Gasteiger partial charge in [0.1, 0.15) is 4.90 Å². The monoisotopic (exact) mass is 371 g/mol. The molecule has 26 heavy (non-hydrogen) atoms. The minimum absolute atomic E-state index is 0.0159. The van der Waals surface area contributed by atoms with Crippen molar-refractivity contribution in [3.8, 4) is 0 Å². The summed E-state index contributed by atoms with van der Waals surface area (Å²) in [6.45, 7) is 1.42. The number of aryl methyl sites for hydroxylation is 1. The summed E-state index contributed by atoms with van der Waals surface area (Å²) in [6, 6.07) is 9.10. The number of hydrogen-bond donors (Lipinski definition) is 0. The maximum absolute atomic E-state index is 12.9. The molecule has 1 amide bonds. The van der Waals surface area contributed by atoms with Crippen molar-refractivity contribution in [3.05, 3.63) is 59.4 Å². The minimum Gasteiger partial charge on any atom is -0.336 e. The van der Waals surface area contributed by atoms with Crippen molar-refractivity contribution in [2.75, 3.05) is 26.2 Å². The molecule has 0 unspecified atom stereocenters. The number of carbonyl (C=O) groups excluding carboxylic acids is 1. The molecule has 1 aliphatic heterocycles. The van der Waals surface area contributed by atoms with Crippen LogP contribution in [0, 0.1) is 0 Å². The molecule has 0 spiro atoms. The molecule has 1 aromatic heterocycles. The Morgan fingerprint density at radius 2 is 1.81 bits per heavy atom. The number of fused-ring (bicyclic) bond motifs is 1. The number of aromatic nitrogens is 1. The van der Waals surface area contributed by atoms with Crippen LogP contribution in [0.1, 0.15) is 27.9 Å². The summed E-state index contributed by atoms with van der Waals surface area (Å²) < 4.78 is 26.8. The van der Waals surface area contributed by atoms with Crippen LogP contribution >= 0.6 is 0 Å². The highest BCUT2D eigenvalue weighted by atomic mass is 32.2. The van der Waals surface area contributed by atoms with E-state index in [-0.39, 0.29) is 10.8 Å². The second-order valence-electron chi connectivity index (χ2n) is 6.68. The molecular formula is C19H21N3O3S. The number of piperazine rings is 1. The average molecular weight is 371 g/mol. The van der Waals surface area contributed by atoms with E-state index in [0.717, 1.165) is 24.8 Å². The van der Waals surface area contributed by atoms with Gasteiger partial charge in [-0.25, -0.2) is 8.42 Å². The van der Waals surface area contributed by atoms with Crippen LogP contribution in [0.5, 0.6) is 0 Å². The van der Waals surface area contributed by atoms with Crippen molar-refractivity contribution >= 4 is 15.9 Å². The van der Waals surface area contributed by atoms with E-state index in [9.17, 15) is 13.2 Å². The molecule has 2 aromatic rings. The highest BCUT2D eigenvalue weighted by Gasteiger charge is 2.31. The molecule has 136 valence electrons. The number of carbonyl (C=O) groups is 1. The number of nitrogens with zero attached hydrogens (tertiary/aromatic N) is 3. The van der Waals surface area contributed by atoms with Crippen LogP contribution in [0.2, 0.25) is 0 Å². The zero-order valence-corrected chi connectivity index (χ0v) is 15.3. The predicted octanol–water partition coefficient (Wildman–Crippen LogP) is 1.72. The summed E-state index contributed by atoms with van der Waals surface area (Å²) in [4.78, 5) is 18.8. The van der Waals surface area contributed by atoms with E-state index in [4.69, 9.17) is 0 Å². The number of benzene rings is 1. The first-order valence-corrected chi connectivity index (χ1v) is 10.3. The Morgan fingerprint density at radius 3 is 2.54 bits per heavy atom. The predicted molar refractivity (Wildman–Crippen MR) is 97.4 cm³/mol. The van der Waals surface area contributed by atoms with Crippen LogP contribution in [-0.2, 0) is 22.9 Å². The van der Waals surface area contributed by atoms with Crippen molar-refractivity contribution in [2.24, 2.45) is 0 Å². The Balaban J connectivity index is 1.47. The maximum atomic E-state index is 12.9. The first-order valence-electron chi connectivity index (χ1n) is 8.87. The first kappa shape index (κ1) is 17.2. The second kappa shape index (κ2) is 6.81. The summed E-state index contributed by atoms with van der Waals surface area (Å²) in [6.07, 6.45) is 5.99. The first-order chi connectivity index (χ1) is 12.6. The van der Waals surface area contributed by atoms with Gasteiger partial charge in [-0.2, -0.15) is 4.31 Å². The maximum Gasteiger partial charge on any atom is 0.254 e. The fourth-order valence-corrected chi connectivity index (χ4v) is 5.16. The summed E-state index contributed by atoms with van der Waals surface area (Å²) in [5.41, 5.74) is 3.22. The highest BCUT2D eigenvalue weighted by molar-refractivity contribution is 7.89. The molecule has 0 radical (unpaired) electrons. The molecule has 1 aliphatic carbocycles. The van der Waals surface area contributed by atoms with Gasteiger partial charge in [0.2, 0.25) is 10.0 Å². The van der Waals surface area contributed by atoms with Gasteiger partial charge in [-0.05, 0) is 48.6 Å². The molecule has 0 saturated carbocycles. The molecule has 0 bridgehead atoms. The molecule has 2 aliphatic rings. The van der Waals surface area contributed by atoms with Crippen LogP contribution in [0.4, 0.5) is 0 Å². The smallest absolute Gasteiger partial charge is 0.254 e. The van der Waals surface area contributed by atoms with Gasteiger partial charge in [0.15, 0.2) is 0 Å². The van der Waals surface area contributed by atoms with Gasteiger partial charge in [0, 0.05) is 44.1 Å². The number of amides is 1. The zero-order valence-electron chi connectivity index (χ0n) is 14.5. The Morgan fingerprint density at radius 1 is 1.00 bits per heavy atom. The van der Waals surface area contributed by atoms with Gasteiger partial charge in [-0.1, -0.05) is 12.1 Å². The van der Waals surface area contributed by atoms with Crippen LogP contribution in [0.15, 0.2) is 47.6 Å². The second-order valence-corrected chi connectivity index (χ2v) is 8.62. The van der Waals surface area contributed by atoms with Crippen molar-refractivity contribution in [3.63, 3.8) is 0 Å². The molecule has 6 nitrogen and oxygen atoms in total. The molecule has 1 aromatic carbocycles. The standard InChI is InChI=1S/C19H21N3O3S/c23-19(18-8-2-5-15-4-1-7-17(15)18)21-10-12-22(13-11-21)26(24,25)16-6-3-9-20-14-16/h2-3,5-6,8-9,14H,1,4,7,10-13H2. The van der Waals surface area contributed by atoms with E-state index < -0.39 is 10.0 Å². The van der Waals surface area contributed by atoms with Crippen LogP contribution in [0.3, 0.4) is 0 Å². The van der Waals surface area contributed by atoms with Crippen LogP contribution in [-0.4, -0.2) is 54.7 Å². The third-order valence-corrected chi connectivity index (χ3v) is 7.06. The molecular weight excluding hydrogens is 350 g/mol. The lowest BCUT2D eigenvalue weighted by molar-refractivity contribution is 0.0697. The van der Waals surface area contributed by atoms with E-state index in [2.05, 4.69) is 11.1 Å². The number of hydrogen-bond acceptors (Lipinski definition) is 4. The van der Waals surface area contributed by atoms with E-state index in [1.165, 1.54) is 21.6 Å². The van der Waals surface area contributed by atoms with E-state index in [1.54, 1.807) is 23.2 Å². The summed E-state index contributed by atoms with van der Waals surface area (Å²) >= 11 is 0. The molecule has 2 heterocycles. The van der Waals surface area contributed by atoms with Gasteiger partial charge in [0.25, 0.3) is 5.91 Å². The average Bonchev–Trinajstić information content (AvgIpc) is 3.17. The lowest BCUT2D eigenvalue weighted by Crippen LogP contribution is -2.50. The largest absolute Gasteiger partial charge is 0.336 e. The Bertz CT molecular complexity index is 920. The fraction of sp³-hybridized carbons (Fsp3) is 0.368. The molecule has 0 atom stereocenters. The minimum atomic E-state index is -3.55. The molecule has 7 heteroatoms. The highest BCUT2D eigenvalue weighted by Crippen LogP contribution is 2.26. The van der Waals surface area contributed by atoms with Crippen molar-refractivity contribution in [2.45, 2.75) is 24.2 Å². The summed E-state index contributed by atoms with van der Waals surface area (Å²) in [5.74, 6) is 0.0159. The number of sulfonamides is 1. The lowest BCUT2D eigenvalue weighted by Gasteiger charge is -2.34. The van der Waals surface area contributed by atoms with Crippen LogP contribution in [0.25, 0.3) is 0 Å². The van der Waals surface area contributed by atoms with Crippen molar-refractivity contribution in [1.29, 1.82) is 0 Å². The molecule has 1 saturated heterocycles. The Labute approximate surface area is 153 Å².